The van der Waals surface area contributed by atoms with E-state index in [4.69, 9.17) is 0 Å². The highest BCUT2D eigenvalue weighted by molar-refractivity contribution is 9.10. The molecule has 3 rings (SSSR count). The Bertz CT molecular complexity index is 490. The Labute approximate surface area is 135 Å². The molecule has 0 saturated heterocycles. The molecule has 1 nitrogen and oxygen atoms in total. The van der Waals surface area contributed by atoms with Crippen LogP contribution in [0.25, 0.3) is 0 Å². The molecule has 116 valence electrons. The highest BCUT2D eigenvalue weighted by atomic mass is 79.9. The van der Waals surface area contributed by atoms with E-state index in [-0.39, 0.29) is 11.9 Å². The van der Waals surface area contributed by atoms with Gasteiger partial charge in [0.1, 0.15) is 5.82 Å². The zero-order valence-electron chi connectivity index (χ0n) is 12.4. The molecule has 2 aliphatic carbocycles. The van der Waals surface area contributed by atoms with E-state index in [1.165, 1.54) is 50.7 Å². The van der Waals surface area contributed by atoms with E-state index in [9.17, 15) is 9.50 Å². The molecule has 0 amide bonds. The molecule has 2 aliphatic rings. The zero-order valence-corrected chi connectivity index (χ0v) is 14.0. The lowest BCUT2D eigenvalue weighted by Crippen LogP contribution is -2.34. The SMILES string of the molecule is OC(Cc1ccc(F)cc1Br)C1CCC2CCCCC2C1. The monoisotopic (exact) mass is 354 g/mol. The predicted molar refractivity (Wildman–Crippen MR) is 86.6 cm³/mol. The van der Waals surface area contributed by atoms with Crippen molar-refractivity contribution in [2.24, 2.45) is 17.8 Å². The van der Waals surface area contributed by atoms with Crippen LogP contribution in [-0.4, -0.2) is 11.2 Å². The van der Waals surface area contributed by atoms with E-state index < -0.39 is 0 Å². The van der Waals surface area contributed by atoms with Crippen LogP contribution < -0.4 is 0 Å². The maximum absolute atomic E-state index is 13.1. The number of halogens is 2. The summed E-state index contributed by atoms with van der Waals surface area (Å²) in [5.74, 6) is 1.94. The highest BCUT2D eigenvalue weighted by Gasteiger charge is 2.34. The van der Waals surface area contributed by atoms with Gasteiger partial charge in [-0.05, 0) is 61.1 Å². The van der Waals surface area contributed by atoms with Crippen LogP contribution in [0.15, 0.2) is 22.7 Å². The number of hydrogen-bond acceptors (Lipinski definition) is 1. The van der Waals surface area contributed by atoms with Crippen LogP contribution in [0.5, 0.6) is 0 Å². The number of hydrogen-bond donors (Lipinski definition) is 1. The lowest BCUT2D eigenvalue weighted by atomic mass is 9.66. The van der Waals surface area contributed by atoms with Gasteiger partial charge in [-0.3, -0.25) is 0 Å². The lowest BCUT2D eigenvalue weighted by Gasteiger charge is -2.40. The second-order valence-electron chi connectivity index (χ2n) is 6.88. The van der Waals surface area contributed by atoms with Crippen LogP contribution in [0.2, 0.25) is 0 Å². The van der Waals surface area contributed by atoms with Crippen molar-refractivity contribution in [2.75, 3.05) is 0 Å². The van der Waals surface area contributed by atoms with E-state index in [2.05, 4.69) is 15.9 Å². The third-order valence-electron chi connectivity index (χ3n) is 5.57. The Hall–Kier alpha value is -0.410. The molecular weight excluding hydrogens is 331 g/mol. The minimum atomic E-state index is -0.297. The van der Waals surface area contributed by atoms with Gasteiger partial charge in [0.05, 0.1) is 6.10 Å². The fraction of sp³-hybridized carbons (Fsp3) is 0.667. The largest absolute Gasteiger partial charge is 0.392 e. The van der Waals surface area contributed by atoms with Crippen LogP contribution in [-0.2, 0) is 6.42 Å². The summed E-state index contributed by atoms with van der Waals surface area (Å²) in [5.41, 5.74) is 1.01. The molecule has 0 spiro atoms. The maximum atomic E-state index is 13.1. The standard InChI is InChI=1S/C18H24BrFO/c19-17-11-16(20)8-7-14(17)10-18(21)15-6-5-12-3-1-2-4-13(12)9-15/h7-8,11-13,15,18,21H,1-6,9-10H2. The normalized spacial score (nSPS) is 30.7. The second kappa shape index (κ2) is 6.78. The van der Waals surface area contributed by atoms with Gasteiger partial charge in [0.15, 0.2) is 0 Å². The molecule has 0 aliphatic heterocycles. The van der Waals surface area contributed by atoms with Gasteiger partial charge in [0.25, 0.3) is 0 Å². The van der Waals surface area contributed by atoms with Crippen LogP contribution in [0.4, 0.5) is 4.39 Å². The zero-order chi connectivity index (χ0) is 14.8. The molecule has 3 heteroatoms. The van der Waals surface area contributed by atoms with Crippen LogP contribution in [0.1, 0.15) is 50.5 Å². The van der Waals surface area contributed by atoms with Gasteiger partial charge in [-0.15, -0.1) is 0 Å². The molecular formula is C18H24BrFO. The Morgan fingerprint density at radius 3 is 2.67 bits per heavy atom. The summed E-state index contributed by atoms with van der Waals surface area (Å²) >= 11 is 3.40. The van der Waals surface area contributed by atoms with E-state index in [0.717, 1.165) is 28.3 Å². The maximum Gasteiger partial charge on any atom is 0.124 e. The van der Waals surface area contributed by atoms with Gasteiger partial charge < -0.3 is 5.11 Å². The molecule has 4 atom stereocenters. The van der Waals surface area contributed by atoms with Crippen molar-refractivity contribution in [1.29, 1.82) is 0 Å². The quantitative estimate of drug-likeness (QED) is 0.800. The van der Waals surface area contributed by atoms with E-state index in [0.29, 0.717) is 12.3 Å². The highest BCUT2D eigenvalue weighted by Crippen LogP contribution is 2.44. The third-order valence-corrected chi connectivity index (χ3v) is 6.31. The number of benzene rings is 1. The van der Waals surface area contributed by atoms with E-state index in [1.807, 2.05) is 0 Å². The van der Waals surface area contributed by atoms with E-state index in [1.54, 1.807) is 6.07 Å². The summed E-state index contributed by atoms with van der Waals surface area (Å²) in [6.07, 6.45) is 9.48. The first-order valence-corrected chi connectivity index (χ1v) is 9.05. The van der Waals surface area contributed by atoms with Crippen molar-refractivity contribution >= 4 is 15.9 Å². The molecule has 2 fully saturated rings. The van der Waals surface area contributed by atoms with Crippen molar-refractivity contribution in [1.82, 2.24) is 0 Å². The summed E-state index contributed by atoms with van der Waals surface area (Å²) in [6, 6.07) is 4.75. The summed E-state index contributed by atoms with van der Waals surface area (Å²) in [4.78, 5) is 0. The first kappa shape index (κ1) is 15.5. The Balaban J connectivity index is 1.61. The molecule has 2 saturated carbocycles. The number of fused-ring (bicyclic) bond motifs is 1. The minimum absolute atomic E-state index is 0.233. The van der Waals surface area contributed by atoms with Crippen molar-refractivity contribution in [3.63, 3.8) is 0 Å². The first-order valence-electron chi connectivity index (χ1n) is 8.25. The molecule has 0 bridgehead atoms. The number of rotatable bonds is 3. The Morgan fingerprint density at radius 1 is 1.14 bits per heavy atom. The molecule has 0 heterocycles. The Kier molecular flexibility index (Phi) is 5.00. The summed E-state index contributed by atoms with van der Waals surface area (Å²) in [5, 5.41) is 10.6. The summed E-state index contributed by atoms with van der Waals surface area (Å²) in [7, 11) is 0. The average molecular weight is 355 g/mol. The van der Waals surface area contributed by atoms with Gasteiger partial charge in [-0.1, -0.05) is 47.7 Å². The fourth-order valence-corrected chi connectivity index (χ4v) is 4.85. The van der Waals surface area contributed by atoms with Crippen molar-refractivity contribution in [2.45, 2.75) is 57.5 Å². The fourth-order valence-electron chi connectivity index (χ4n) is 4.34. The minimum Gasteiger partial charge on any atom is -0.392 e. The summed E-state index contributed by atoms with van der Waals surface area (Å²) in [6.45, 7) is 0. The Morgan fingerprint density at radius 2 is 1.90 bits per heavy atom. The van der Waals surface area contributed by atoms with Crippen LogP contribution in [0, 0.1) is 23.6 Å². The van der Waals surface area contributed by atoms with Crippen molar-refractivity contribution in [3.8, 4) is 0 Å². The van der Waals surface area contributed by atoms with Gasteiger partial charge in [0, 0.05) is 4.47 Å². The smallest absolute Gasteiger partial charge is 0.124 e. The molecule has 0 aromatic heterocycles. The van der Waals surface area contributed by atoms with Gasteiger partial charge in [-0.2, -0.15) is 0 Å². The van der Waals surface area contributed by atoms with Crippen molar-refractivity contribution < 1.29 is 9.50 Å². The molecule has 4 unspecified atom stereocenters. The topological polar surface area (TPSA) is 20.2 Å². The van der Waals surface area contributed by atoms with Crippen LogP contribution >= 0.6 is 15.9 Å². The van der Waals surface area contributed by atoms with Gasteiger partial charge in [-0.25, -0.2) is 4.39 Å². The van der Waals surface area contributed by atoms with Crippen molar-refractivity contribution in [3.05, 3.63) is 34.1 Å². The summed E-state index contributed by atoms with van der Waals surface area (Å²) < 4.78 is 13.9. The van der Waals surface area contributed by atoms with E-state index >= 15 is 0 Å². The number of aliphatic hydroxyl groups is 1. The third kappa shape index (κ3) is 3.68. The van der Waals surface area contributed by atoms with Crippen LogP contribution in [0.3, 0.4) is 0 Å². The molecule has 1 N–H and O–H groups in total. The average Bonchev–Trinajstić information content (AvgIpc) is 2.49. The molecule has 1 aromatic carbocycles. The first-order chi connectivity index (χ1) is 10.1. The second-order valence-corrected chi connectivity index (χ2v) is 7.74. The molecule has 0 radical (unpaired) electrons. The lowest BCUT2D eigenvalue weighted by molar-refractivity contribution is 0.0360. The van der Waals surface area contributed by atoms with Gasteiger partial charge >= 0.3 is 0 Å². The predicted octanol–water partition coefficient (Wildman–Crippen LogP) is 5.10. The van der Waals surface area contributed by atoms with Gasteiger partial charge in [0.2, 0.25) is 0 Å². The molecule has 1 aromatic rings. The molecule has 21 heavy (non-hydrogen) atoms. The number of aliphatic hydroxyl groups excluding tert-OH is 1.